The van der Waals surface area contributed by atoms with Crippen molar-refractivity contribution in [3.8, 4) is 0 Å². The van der Waals surface area contributed by atoms with Crippen molar-refractivity contribution in [2.45, 2.75) is 0 Å². The van der Waals surface area contributed by atoms with Crippen LogP contribution in [0, 0.1) is 5.82 Å². The standard InChI is InChI=1S/C9H7FO2/c1-2-6-7(9(11)12)4-3-5-8(6)10/h2-5H,1H2,(H,11,12). The average Bonchev–Trinajstić information content (AvgIpc) is 2.03. The first-order valence-corrected chi connectivity index (χ1v) is 3.31. The minimum absolute atomic E-state index is 0.0324. The SMILES string of the molecule is C=Cc1c(F)cccc1C(=O)O. The van der Waals surface area contributed by atoms with Crippen LogP contribution in [-0.4, -0.2) is 11.1 Å². The fourth-order valence-electron chi connectivity index (χ4n) is 0.931. The maximum atomic E-state index is 12.9. The number of hydrogen-bond acceptors (Lipinski definition) is 1. The molecule has 0 heterocycles. The second-order valence-electron chi connectivity index (χ2n) is 2.21. The van der Waals surface area contributed by atoms with Crippen molar-refractivity contribution in [1.29, 1.82) is 0 Å². The van der Waals surface area contributed by atoms with Crippen molar-refractivity contribution in [2.75, 3.05) is 0 Å². The molecule has 3 heteroatoms. The van der Waals surface area contributed by atoms with Crippen LogP contribution >= 0.6 is 0 Å². The monoisotopic (exact) mass is 166 g/mol. The van der Waals surface area contributed by atoms with Gasteiger partial charge in [-0.2, -0.15) is 0 Å². The maximum Gasteiger partial charge on any atom is 0.336 e. The Hall–Kier alpha value is -1.64. The van der Waals surface area contributed by atoms with Gasteiger partial charge < -0.3 is 5.11 Å². The number of carboxylic acid groups (broad SMARTS) is 1. The molecule has 0 bridgehead atoms. The van der Waals surface area contributed by atoms with Crippen molar-refractivity contribution in [3.05, 3.63) is 41.7 Å². The molecule has 0 spiro atoms. The van der Waals surface area contributed by atoms with Crippen LogP contribution in [0.1, 0.15) is 15.9 Å². The summed E-state index contributed by atoms with van der Waals surface area (Å²) >= 11 is 0. The van der Waals surface area contributed by atoms with Gasteiger partial charge >= 0.3 is 5.97 Å². The van der Waals surface area contributed by atoms with E-state index in [9.17, 15) is 9.18 Å². The molecule has 1 aromatic carbocycles. The average molecular weight is 166 g/mol. The zero-order chi connectivity index (χ0) is 9.14. The highest BCUT2D eigenvalue weighted by molar-refractivity contribution is 5.92. The number of carboxylic acids is 1. The molecule has 0 atom stereocenters. The fraction of sp³-hybridized carbons (Fsp3) is 0. The maximum absolute atomic E-state index is 12.9. The first-order valence-electron chi connectivity index (χ1n) is 3.31. The molecule has 2 nitrogen and oxygen atoms in total. The van der Waals surface area contributed by atoms with Crippen molar-refractivity contribution in [1.82, 2.24) is 0 Å². The quantitative estimate of drug-likeness (QED) is 0.730. The van der Waals surface area contributed by atoms with Crippen molar-refractivity contribution in [3.63, 3.8) is 0 Å². The second kappa shape index (κ2) is 3.17. The van der Waals surface area contributed by atoms with Gasteiger partial charge in [0.2, 0.25) is 0 Å². The van der Waals surface area contributed by atoms with E-state index in [-0.39, 0.29) is 11.1 Å². The molecule has 0 aromatic heterocycles. The predicted molar refractivity (Wildman–Crippen MR) is 43.5 cm³/mol. The van der Waals surface area contributed by atoms with E-state index in [4.69, 9.17) is 5.11 Å². The number of hydrogen-bond donors (Lipinski definition) is 1. The van der Waals surface area contributed by atoms with Crippen LogP contribution in [0.3, 0.4) is 0 Å². The minimum Gasteiger partial charge on any atom is -0.478 e. The van der Waals surface area contributed by atoms with Crippen LogP contribution in [0.25, 0.3) is 6.08 Å². The van der Waals surface area contributed by atoms with E-state index in [1.807, 2.05) is 0 Å². The van der Waals surface area contributed by atoms with E-state index in [1.165, 1.54) is 24.3 Å². The Kier molecular flexibility index (Phi) is 2.24. The molecule has 0 radical (unpaired) electrons. The van der Waals surface area contributed by atoms with Gasteiger partial charge in [-0.05, 0) is 12.1 Å². The molecule has 12 heavy (non-hydrogen) atoms. The van der Waals surface area contributed by atoms with Gasteiger partial charge in [-0.15, -0.1) is 0 Å². The van der Waals surface area contributed by atoms with Gasteiger partial charge in [0.1, 0.15) is 5.82 Å². The topological polar surface area (TPSA) is 37.3 Å². The zero-order valence-corrected chi connectivity index (χ0v) is 6.25. The molecule has 0 amide bonds. The van der Waals surface area contributed by atoms with Crippen LogP contribution < -0.4 is 0 Å². The molecule has 1 N–H and O–H groups in total. The van der Waals surface area contributed by atoms with Crippen LogP contribution in [0.4, 0.5) is 4.39 Å². The number of rotatable bonds is 2. The van der Waals surface area contributed by atoms with E-state index in [0.29, 0.717) is 0 Å². The smallest absolute Gasteiger partial charge is 0.336 e. The number of carbonyl (C=O) groups is 1. The van der Waals surface area contributed by atoms with Gasteiger partial charge in [0.05, 0.1) is 5.56 Å². The number of benzene rings is 1. The van der Waals surface area contributed by atoms with E-state index in [1.54, 1.807) is 0 Å². The molecule has 0 aliphatic heterocycles. The highest BCUT2D eigenvalue weighted by atomic mass is 19.1. The van der Waals surface area contributed by atoms with Gasteiger partial charge in [-0.25, -0.2) is 9.18 Å². The summed E-state index contributed by atoms with van der Waals surface area (Å²) in [5.74, 6) is -1.71. The predicted octanol–water partition coefficient (Wildman–Crippen LogP) is 2.17. The Morgan fingerprint density at radius 1 is 1.58 bits per heavy atom. The lowest BCUT2D eigenvalue weighted by molar-refractivity contribution is 0.0696. The first-order chi connectivity index (χ1) is 5.66. The van der Waals surface area contributed by atoms with Gasteiger partial charge in [0.15, 0.2) is 0 Å². The third kappa shape index (κ3) is 1.34. The molecular formula is C9H7FO2. The van der Waals surface area contributed by atoms with Gasteiger partial charge in [-0.3, -0.25) is 0 Å². The summed E-state index contributed by atoms with van der Waals surface area (Å²) in [6.07, 6.45) is 1.19. The second-order valence-corrected chi connectivity index (χ2v) is 2.21. The highest BCUT2D eigenvalue weighted by Crippen LogP contribution is 2.14. The summed E-state index contributed by atoms with van der Waals surface area (Å²) in [6, 6.07) is 3.89. The third-order valence-corrected chi connectivity index (χ3v) is 1.49. The largest absolute Gasteiger partial charge is 0.478 e. The molecule has 62 valence electrons. The number of aromatic carboxylic acids is 1. The Morgan fingerprint density at radius 3 is 2.67 bits per heavy atom. The Morgan fingerprint density at radius 2 is 2.25 bits per heavy atom. The molecule has 0 fully saturated rings. The fourth-order valence-corrected chi connectivity index (χ4v) is 0.931. The van der Waals surface area contributed by atoms with E-state index >= 15 is 0 Å². The van der Waals surface area contributed by atoms with Crippen molar-refractivity contribution < 1.29 is 14.3 Å². The van der Waals surface area contributed by atoms with Gasteiger partial charge in [0.25, 0.3) is 0 Å². The zero-order valence-electron chi connectivity index (χ0n) is 6.25. The molecule has 0 unspecified atom stereocenters. The van der Waals surface area contributed by atoms with E-state index in [0.717, 1.165) is 0 Å². The molecule has 1 aromatic rings. The molecule has 0 aliphatic rings. The molecule has 0 saturated carbocycles. The molecular weight excluding hydrogens is 159 g/mol. The Labute approximate surface area is 69.0 Å². The van der Waals surface area contributed by atoms with Crippen LogP contribution in [-0.2, 0) is 0 Å². The summed E-state index contributed by atoms with van der Waals surface area (Å²) in [5, 5.41) is 8.61. The normalized spacial score (nSPS) is 9.42. The molecule has 0 aliphatic carbocycles. The van der Waals surface area contributed by atoms with E-state index in [2.05, 4.69) is 6.58 Å². The van der Waals surface area contributed by atoms with E-state index < -0.39 is 11.8 Å². The van der Waals surface area contributed by atoms with Crippen LogP contribution in [0.15, 0.2) is 24.8 Å². The Balaban J connectivity index is 3.37. The van der Waals surface area contributed by atoms with Gasteiger partial charge in [0, 0.05) is 5.56 Å². The summed E-state index contributed by atoms with van der Waals surface area (Å²) in [5.41, 5.74) is -0.0324. The van der Waals surface area contributed by atoms with Crippen molar-refractivity contribution >= 4 is 12.0 Å². The highest BCUT2D eigenvalue weighted by Gasteiger charge is 2.10. The first kappa shape index (κ1) is 8.46. The lowest BCUT2D eigenvalue weighted by Gasteiger charge is -2.00. The lowest BCUT2D eigenvalue weighted by atomic mass is 10.1. The summed E-state index contributed by atoms with van der Waals surface area (Å²) in [4.78, 5) is 10.5. The summed E-state index contributed by atoms with van der Waals surface area (Å²) < 4.78 is 12.9. The van der Waals surface area contributed by atoms with Crippen LogP contribution in [0.5, 0.6) is 0 Å². The molecule has 0 saturated heterocycles. The van der Waals surface area contributed by atoms with Crippen LogP contribution in [0.2, 0.25) is 0 Å². The summed E-state index contributed by atoms with van der Waals surface area (Å²) in [6.45, 7) is 3.33. The minimum atomic E-state index is -1.15. The van der Waals surface area contributed by atoms with Gasteiger partial charge in [-0.1, -0.05) is 18.7 Å². The number of halogens is 1. The Bertz CT molecular complexity index is 331. The van der Waals surface area contributed by atoms with Crippen molar-refractivity contribution in [2.24, 2.45) is 0 Å². The summed E-state index contributed by atoms with van der Waals surface area (Å²) in [7, 11) is 0. The molecule has 1 rings (SSSR count). The third-order valence-electron chi connectivity index (χ3n) is 1.49. The lowest BCUT2D eigenvalue weighted by Crippen LogP contribution is -2.00.